The van der Waals surface area contributed by atoms with Crippen LogP contribution in [0.2, 0.25) is 0 Å². The van der Waals surface area contributed by atoms with Crippen molar-refractivity contribution >= 4 is 5.91 Å². The van der Waals surface area contributed by atoms with Crippen LogP contribution < -0.4 is 0 Å². The number of hydrogen-bond donors (Lipinski definition) is 0. The van der Waals surface area contributed by atoms with Gasteiger partial charge >= 0.3 is 0 Å². The highest BCUT2D eigenvalue weighted by molar-refractivity contribution is 5.77. The van der Waals surface area contributed by atoms with Crippen molar-refractivity contribution in [3.8, 4) is 0 Å². The number of rotatable bonds is 5. The highest BCUT2D eigenvalue weighted by atomic mass is 19.1. The molecule has 0 unspecified atom stereocenters. The Morgan fingerprint density at radius 3 is 2.72 bits per heavy atom. The van der Waals surface area contributed by atoms with Crippen LogP contribution in [0.5, 0.6) is 0 Å². The van der Waals surface area contributed by atoms with Gasteiger partial charge in [0, 0.05) is 44.4 Å². The number of piperidine rings is 2. The summed E-state index contributed by atoms with van der Waals surface area (Å²) in [6, 6.07) is 11.0. The fourth-order valence-electron chi connectivity index (χ4n) is 4.75. The molecule has 0 N–H and O–H groups in total. The molecule has 2 fully saturated rings. The number of hydrogen-bond acceptors (Lipinski definition) is 3. The number of carbonyl (C=O) groups excluding carboxylic acids is 1. The largest absolute Gasteiger partial charge is 0.342 e. The van der Waals surface area contributed by atoms with Crippen molar-refractivity contribution in [1.29, 1.82) is 0 Å². The summed E-state index contributed by atoms with van der Waals surface area (Å²) in [6.07, 6.45) is 6.49. The zero-order valence-electron chi connectivity index (χ0n) is 17.2. The minimum Gasteiger partial charge on any atom is -0.342 e. The van der Waals surface area contributed by atoms with Crippen molar-refractivity contribution in [2.24, 2.45) is 5.41 Å². The van der Waals surface area contributed by atoms with Crippen molar-refractivity contribution in [2.45, 2.75) is 45.6 Å². The van der Waals surface area contributed by atoms with E-state index in [2.05, 4.69) is 14.8 Å². The molecule has 29 heavy (non-hydrogen) atoms. The standard InChI is InChI=1S/C24H30FN3O/c1-19-5-6-21(25)16-20(19)17-27-14-10-24(11-15-27)9-7-23(29)28(18-24)13-8-22-4-2-3-12-26-22/h2-6,12,16H,7-11,13-15,17-18H2,1H3. The molecule has 0 radical (unpaired) electrons. The Labute approximate surface area is 172 Å². The molecule has 4 nitrogen and oxygen atoms in total. The number of pyridine rings is 1. The second kappa shape index (κ2) is 8.62. The van der Waals surface area contributed by atoms with E-state index < -0.39 is 0 Å². The minimum atomic E-state index is -0.159. The smallest absolute Gasteiger partial charge is 0.222 e. The van der Waals surface area contributed by atoms with Gasteiger partial charge in [-0.1, -0.05) is 12.1 Å². The van der Waals surface area contributed by atoms with Gasteiger partial charge in [-0.25, -0.2) is 4.39 Å². The van der Waals surface area contributed by atoms with Gasteiger partial charge in [-0.15, -0.1) is 0 Å². The third kappa shape index (κ3) is 4.84. The topological polar surface area (TPSA) is 36.4 Å². The van der Waals surface area contributed by atoms with Crippen LogP contribution in [0.4, 0.5) is 4.39 Å². The molecule has 3 heterocycles. The first-order chi connectivity index (χ1) is 14.0. The molecule has 5 heteroatoms. The quantitative estimate of drug-likeness (QED) is 0.768. The van der Waals surface area contributed by atoms with Gasteiger partial charge in [-0.2, -0.15) is 0 Å². The fourth-order valence-corrected chi connectivity index (χ4v) is 4.75. The van der Waals surface area contributed by atoms with E-state index in [1.165, 1.54) is 6.07 Å². The maximum atomic E-state index is 13.6. The number of halogens is 1. The van der Waals surface area contributed by atoms with Gasteiger partial charge in [0.1, 0.15) is 5.82 Å². The summed E-state index contributed by atoms with van der Waals surface area (Å²) >= 11 is 0. The summed E-state index contributed by atoms with van der Waals surface area (Å²) in [5, 5.41) is 0. The van der Waals surface area contributed by atoms with Crippen LogP contribution in [0.1, 0.15) is 42.5 Å². The predicted molar refractivity (Wildman–Crippen MR) is 112 cm³/mol. The normalized spacial score (nSPS) is 19.7. The van der Waals surface area contributed by atoms with Gasteiger partial charge < -0.3 is 4.90 Å². The minimum absolute atomic E-state index is 0.159. The SMILES string of the molecule is Cc1ccc(F)cc1CN1CCC2(CCC(=O)N(CCc3ccccn3)C2)CC1. The molecule has 1 aromatic heterocycles. The van der Waals surface area contributed by atoms with Crippen LogP contribution in [-0.2, 0) is 17.8 Å². The lowest BCUT2D eigenvalue weighted by Crippen LogP contribution is -2.51. The Balaban J connectivity index is 1.33. The molecule has 0 bridgehead atoms. The second-order valence-electron chi connectivity index (χ2n) is 8.73. The molecule has 1 aromatic carbocycles. The predicted octanol–water partition coefficient (Wildman–Crippen LogP) is 3.98. The van der Waals surface area contributed by atoms with Gasteiger partial charge in [0.05, 0.1) is 0 Å². The van der Waals surface area contributed by atoms with Gasteiger partial charge in [0.2, 0.25) is 5.91 Å². The lowest BCUT2D eigenvalue weighted by Gasteiger charge is -2.47. The highest BCUT2D eigenvalue weighted by Gasteiger charge is 2.40. The Bertz CT molecular complexity index is 846. The Morgan fingerprint density at radius 2 is 1.97 bits per heavy atom. The number of carbonyl (C=O) groups is 1. The molecule has 0 saturated carbocycles. The van der Waals surface area contributed by atoms with Crippen LogP contribution in [0.15, 0.2) is 42.6 Å². The average Bonchev–Trinajstić information content (AvgIpc) is 2.74. The van der Waals surface area contributed by atoms with Gasteiger partial charge in [0.25, 0.3) is 0 Å². The first-order valence-corrected chi connectivity index (χ1v) is 10.7. The van der Waals surface area contributed by atoms with Crippen LogP contribution in [0.25, 0.3) is 0 Å². The van der Waals surface area contributed by atoms with E-state index in [4.69, 9.17) is 0 Å². The molecule has 1 amide bonds. The number of aryl methyl sites for hydroxylation is 1. The number of aromatic nitrogens is 1. The Morgan fingerprint density at radius 1 is 1.14 bits per heavy atom. The maximum absolute atomic E-state index is 13.6. The Kier molecular flexibility index (Phi) is 5.95. The number of amides is 1. The van der Waals surface area contributed by atoms with Crippen molar-refractivity contribution in [3.63, 3.8) is 0 Å². The molecule has 1 spiro atoms. The molecule has 0 atom stereocenters. The van der Waals surface area contributed by atoms with Crippen LogP contribution in [-0.4, -0.2) is 46.9 Å². The zero-order valence-corrected chi connectivity index (χ0v) is 17.2. The van der Waals surface area contributed by atoms with E-state index in [0.717, 1.165) is 75.2 Å². The fraction of sp³-hybridized carbons (Fsp3) is 0.500. The van der Waals surface area contributed by atoms with Crippen LogP contribution in [0.3, 0.4) is 0 Å². The van der Waals surface area contributed by atoms with Crippen molar-refractivity contribution < 1.29 is 9.18 Å². The summed E-state index contributed by atoms with van der Waals surface area (Å²) in [5.74, 6) is 0.123. The zero-order chi connectivity index (χ0) is 20.3. The van der Waals surface area contributed by atoms with Crippen LogP contribution in [0, 0.1) is 18.2 Å². The van der Waals surface area contributed by atoms with Crippen molar-refractivity contribution in [2.75, 3.05) is 26.2 Å². The molecular formula is C24H30FN3O. The summed E-state index contributed by atoms with van der Waals surface area (Å²) in [5.41, 5.74) is 3.51. The lowest BCUT2D eigenvalue weighted by atomic mass is 9.72. The molecule has 2 aliphatic heterocycles. The van der Waals surface area contributed by atoms with Crippen molar-refractivity contribution in [3.05, 3.63) is 65.2 Å². The molecule has 154 valence electrons. The van der Waals surface area contributed by atoms with Crippen molar-refractivity contribution in [1.82, 2.24) is 14.8 Å². The third-order valence-corrected chi connectivity index (χ3v) is 6.73. The molecule has 4 rings (SSSR count). The lowest BCUT2D eigenvalue weighted by molar-refractivity contribution is -0.139. The van der Waals surface area contributed by atoms with E-state index in [0.29, 0.717) is 6.42 Å². The van der Waals surface area contributed by atoms with Gasteiger partial charge in [-0.3, -0.25) is 14.7 Å². The summed E-state index contributed by atoms with van der Waals surface area (Å²) in [4.78, 5) is 21.4. The molecule has 2 aliphatic rings. The third-order valence-electron chi connectivity index (χ3n) is 6.73. The summed E-state index contributed by atoms with van der Waals surface area (Å²) in [6.45, 7) is 6.50. The number of benzene rings is 1. The average molecular weight is 396 g/mol. The second-order valence-corrected chi connectivity index (χ2v) is 8.73. The Hall–Kier alpha value is -2.27. The van der Waals surface area contributed by atoms with E-state index in [1.807, 2.05) is 37.4 Å². The summed E-state index contributed by atoms with van der Waals surface area (Å²) < 4.78 is 13.6. The molecule has 2 aromatic rings. The van der Waals surface area contributed by atoms with Gasteiger partial charge in [0.15, 0.2) is 0 Å². The molecular weight excluding hydrogens is 365 g/mol. The first-order valence-electron chi connectivity index (χ1n) is 10.7. The van der Waals surface area contributed by atoms with E-state index in [9.17, 15) is 9.18 Å². The number of nitrogens with zero attached hydrogens (tertiary/aromatic N) is 3. The van der Waals surface area contributed by atoms with E-state index in [1.54, 1.807) is 6.07 Å². The van der Waals surface area contributed by atoms with Crippen LogP contribution >= 0.6 is 0 Å². The molecule has 0 aliphatic carbocycles. The van der Waals surface area contributed by atoms with Gasteiger partial charge in [-0.05, 0) is 80.1 Å². The molecule has 2 saturated heterocycles. The summed E-state index contributed by atoms with van der Waals surface area (Å²) in [7, 11) is 0. The monoisotopic (exact) mass is 395 g/mol. The number of likely N-dealkylation sites (tertiary alicyclic amines) is 2. The van der Waals surface area contributed by atoms with E-state index in [-0.39, 0.29) is 17.1 Å². The maximum Gasteiger partial charge on any atom is 0.222 e. The highest BCUT2D eigenvalue weighted by Crippen LogP contribution is 2.40. The first kappa shape index (κ1) is 20.0. The van der Waals surface area contributed by atoms with E-state index >= 15 is 0 Å².